The molecule has 2 aromatic rings. The summed E-state index contributed by atoms with van der Waals surface area (Å²) in [5.41, 5.74) is 5.55. The Labute approximate surface area is 134 Å². The van der Waals surface area contributed by atoms with Crippen molar-refractivity contribution in [1.29, 1.82) is 0 Å². The predicted octanol–water partition coefficient (Wildman–Crippen LogP) is 5.71. The number of ether oxygens (including phenoxy) is 1. The molecule has 2 aromatic carbocycles. The highest BCUT2D eigenvalue weighted by molar-refractivity contribution is 9.10. The highest BCUT2D eigenvalue weighted by Crippen LogP contribution is 2.42. The molecule has 0 aliphatic carbocycles. The van der Waals surface area contributed by atoms with Gasteiger partial charge in [0.25, 0.3) is 0 Å². The van der Waals surface area contributed by atoms with Crippen molar-refractivity contribution in [2.75, 3.05) is 7.11 Å². The Morgan fingerprint density at radius 3 is 2.35 bits per heavy atom. The zero-order valence-electron chi connectivity index (χ0n) is 12.1. The summed E-state index contributed by atoms with van der Waals surface area (Å²) < 4.78 is 6.65. The first-order valence-electron chi connectivity index (χ1n) is 6.50. The Balaban J connectivity index is 2.66. The molecule has 0 aliphatic rings. The van der Waals surface area contributed by atoms with E-state index in [1.807, 2.05) is 19.1 Å². The predicted molar refractivity (Wildman–Crippen MR) is 89.0 cm³/mol. The fourth-order valence-corrected chi connectivity index (χ4v) is 3.54. The van der Waals surface area contributed by atoms with Crippen molar-refractivity contribution in [2.45, 2.75) is 26.1 Å². The van der Waals surface area contributed by atoms with E-state index in [9.17, 15) is 0 Å². The number of aryl methyl sites for hydroxylation is 2. The minimum absolute atomic E-state index is 0.220. The second-order valence-corrected chi connectivity index (χ2v) is 6.26. The smallest absolute Gasteiger partial charge is 0.127 e. The van der Waals surface area contributed by atoms with Gasteiger partial charge in [0, 0.05) is 10.0 Å². The molecule has 0 N–H and O–H groups in total. The Kier molecular flexibility index (Phi) is 4.77. The summed E-state index contributed by atoms with van der Waals surface area (Å²) in [6, 6.07) is 10.3. The molecule has 20 heavy (non-hydrogen) atoms. The van der Waals surface area contributed by atoms with Crippen LogP contribution in [0.15, 0.2) is 34.8 Å². The van der Waals surface area contributed by atoms with Gasteiger partial charge in [0.1, 0.15) is 5.75 Å². The molecule has 1 nitrogen and oxygen atoms in total. The van der Waals surface area contributed by atoms with Crippen molar-refractivity contribution >= 4 is 27.5 Å². The van der Waals surface area contributed by atoms with E-state index >= 15 is 0 Å². The molecule has 3 heteroatoms. The monoisotopic (exact) mass is 352 g/mol. The maximum absolute atomic E-state index is 6.77. The lowest BCUT2D eigenvalue weighted by molar-refractivity contribution is 0.406. The number of halogens is 2. The molecule has 0 radical (unpaired) electrons. The molecule has 0 aliphatic heterocycles. The third-order valence-corrected chi connectivity index (χ3v) is 4.90. The van der Waals surface area contributed by atoms with Crippen LogP contribution in [0.2, 0.25) is 0 Å². The van der Waals surface area contributed by atoms with E-state index in [-0.39, 0.29) is 5.38 Å². The third kappa shape index (κ3) is 2.72. The Hall–Kier alpha value is -0.990. The number of alkyl halides is 1. The molecule has 0 aromatic heterocycles. The fraction of sp³-hybridized carbons (Fsp3) is 0.294. The van der Waals surface area contributed by atoms with Crippen molar-refractivity contribution in [3.05, 3.63) is 62.6 Å². The first kappa shape index (κ1) is 15.4. The van der Waals surface area contributed by atoms with Crippen LogP contribution < -0.4 is 4.74 Å². The standard InChI is InChI=1S/C17H18BrClO/c1-10-7-5-6-8-13(10)16(19)15-12(3)14(18)9-11(2)17(15)20-4/h5-9,16H,1-4H3. The van der Waals surface area contributed by atoms with Crippen LogP contribution in [0.1, 0.15) is 33.2 Å². The second-order valence-electron chi connectivity index (χ2n) is 4.97. The van der Waals surface area contributed by atoms with Crippen molar-refractivity contribution in [1.82, 2.24) is 0 Å². The normalized spacial score (nSPS) is 12.3. The lowest BCUT2D eigenvalue weighted by Gasteiger charge is -2.21. The molecular weight excluding hydrogens is 336 g/mol. The van der Waals surface area contributed by atoms with Gasteiger partial charge >= 0.3 is 0 Å². The summed E-state index contributed by atoms with van der Waals surface area (Å²) in [5.74, 6) is 0.869. The van der Waals surface area contributed by atoms with Crippen molar-refractivity contribution in [3.63, 3.8) is 0 Å². The van der Waals surface area contributed by atoms with Crippen LogP contribution in [0, 0.1) is 20.8 Å². The minimum atomic E-state index is -0.220. The van der Waals surface area contributed by atoms with Gasteiger partial charge in [0.05, 0.1) is 12.5 Å². The maximum atomic E-state index is 6.77. The lowest BCUT2D eigenvalue weighted by Crippen LogP contribution is -2.04. The zero-order valence-corrected chi connectivity index (χ0v) is 14.5. The van der Waals surface area contributed by atoms with E-state index < -0.39 is 0 Å². The van der Waals surface area contributed by atoms with Gasteiger partial charge in [-0.25, -0.2) is 0 Å². The van der Waals surface area contributed by atoms with Gasteiger partial charge in [-0.15, -0.1) is 11.6 Å². The van der Waals surface area contributed by atoms with Gasteiger partial charge < -0.3 is 4.74 Å². The zero-order chi connectivity index (χ0) is 14.9. The molecule has 0 fully saturated rings. The Morgan fingerprint density at radius 2 is 1.75 bits per heavy atom. The molecule has 0 heterocycles. The molecule has 106 valence electrons. The summed E-state index contributed by atoms with van der Waals surface area (Å²) in [7, 11) is 1.70. The topological polar surface area (TPSA) is 9.23 Å². The summed E-state index contributed by atoms with van der Waals surface area (Å²) in [6.07, 6.45) is 0. The number of hydrogen-bond acceptors (Lipinski definition) is 1. The lowest BCUT2D eigenvalue weighted by atomic mass is 9.94. The summed E-state index contributed by atoms with van der Waals surface area (Å²) >= 11 is 10.4. The van der Waals surface area contributed by atoms with Crippen LogP contribution >= 0.6 is 27.5 Å². The van der Waals surface area contributed by atoms with Crippen LogP contribution in [0.25, 0.3) is 0 Å². The summed E-state index contributed by atoms with van der Waals surface area (Å²) in [5, 5.41) is -0.220. The first-order chi connectivity index (χ1) is 9.47. The van der Waals surface area contributed by atoms with Crippen molar-refractivity contribution < 1.29 is 4.74 Å². The van der Waals surface area contributed by atoms with Crippen LogP contribution in [-0.4, -0.2) is 7.11 Å². The van der Waals surface area contributed by atoms with Gasteiger partial charge in [-0.1, -0.05) is 40.2 Å². The van der Waals surface area contributed by atoms with Gasteiger partial charge in [-0.2, -0.15) is 0 Å². The van der Waals surface area contributed by atoms with E-state index in [4.69, 9.17) is 16.3 Å². The van der Waals surface area contributed by atoms with E-state index in [1.165, 1.54) is 5.56 Å². The van der Waals surface area contributed by atoms with Crippen molar-refractivity contribution in [2.24, 2.45) is 0 Å². The van der Waals surface area contributed by atoms with E-state index in [0.29, 0.717) is 0 Å². The van der Waals surface area contributed by atoms with Crippen LogP contribution in [0.3, 0.4) is 0 Å². The number of hydrogen-bond donors (Lipinski definition) is 0. The summed E-state index contributed by atoms with van der Waals surface area (Å²) in [4.78, 5) is 0. The van der Waals surface area contributed by atoms with Crippen LogP contribution in [-0.2, 0) is 0 Å². The molecular formula is C17H18BrClO. The average molecular weight is 354 g/mol. The second kappa shape index (κ2) is 6.19. The number of rotatable bonds is 3. The molecule has 1 atom stereocenters. The van der Waals surface area contributed by atoms with E-state index in [0.717, 1.165) is 32.5 Å². The molecule has 0 saturated heterocycles. The van der Waals surface area contributed by atoms with Crippen molar-refractivity contribution in [3.8, 4) is 5.75 Å². The average Bonchev–Trinajstić information content (AvgIpc) is 2.42. The third-order valence-electron chi connectivity index (χ3n) is 3.63. The van der Waals surface area contributed by atoms with Gasteiger partial charge in [0.15, 0.2) is 0 Å². The molecule has 2 rings (SSSR count). The largest absolute Gasteiger partial charge is 0.496 e. The highest BCUT2D eigenvalue weighted by atomic mass is 79.9. The van der Waals surface area contributed by atoms with Crippen LogP contribution in [0.5, 0.6) is 5.75 Å². The van der Waals surface area contributed by atoms with Gasteiger partial charge in [-0.3, -0.25) is 0 Å². The van der Waals surface area contributed by atoms with E-state index in [1.54, 1.807) is 7.11 Å². The molecule has 0 bridgehead atoms. The molecule has 0 saturated carbocycles. The number of benzene rings is 2. The quantitative estimate of drug-likeness (QED) is 0.642. The van der Waals surface area contributed by atoms with Gasteiger partial charge in [0.2, 0.25) is 0 Å². The fourth-order valence-electron chi connectivity index (χ4n) is 2.48. The molecule has 0 spiro atoms. The first-order valence-corrected chi connectivity index (χ1v) is 7.73. The molecule has 0 amide bonds. The Morgan fingerprint density at radius 1 is 1.10 bits per heavy atom. The maximum Gasteiger partial charge on any atom is 0.127 e. The van der Waals surface area contributed by atoms with Crippen LogP contribution in [0.4, 0.5) is 0 Å². The van der Waals surface area contributed by atoms with Gasteiger partial charge in [-0.05, 0) is 49.1 Å². The molecule has 1 unspecified atom stereocenters. The van der Waals surface area contributed by atoms with E-state index in [2.05, 4.69) is 48.0 Å². The summed E-state index contributed by atoms with van der Waals surface area (Å²) in [6.45, 7) is 6.18. The SMILES string of the molecule is COc1c(C)cc(Br)c(C)c1C(Cl)c1ccccc1C. The minimum Gasteiger partial charge on any atom is -0.496 e. The highest BCUT2D eigenvalue weighted by Gasteiger charge is 2.22. The Bertz CT molecular complexity index is 637. The number of methoxy groups -OCH3 is 1.